The van der Waals surface area contributed by atoms with E-state index in [1.807, 2.05) is 37.3 Å². The molecule has 0 saturated carbocycles. The van der Waals surface area contributed by atoms with Crippen LogP contribution in [0, 0.1) is 0 Å². The van der Waals surface area contributed by atoms with E-state index in [0.717, 1.165) is 18.5 Å². The fraction of sp³-hybridized carbons (Fsp3) is 0.462. The molecule has 1 aliphatic rings. The van der Waals surface area contributed by atoms with Gasteiger partial charge in [0.25, 0.3) is 5.91 Å². The second kappa shape index (κ2) is 5.12. The molecule has 16 heavy (non-hydrogen) atoms. The molecule has 1 aliphatic heterocycles. The van der Waals surface area contributed by atoms with E-state index >= 15 is 0 Å². The number of benzene rings is 1. The fourth-order valence-corrected chi connectivity index (χ4v) is 2.02. The van der Waals surface area contributed by atoms with Crippen LogP contribution in [0.1, 0.15) is 19.8 Å². The number of nitrogens with zero attached hydrogens (tertiary/aromatic N) is 1. The monoisotopic (exact) mass is 219 g/mol. The Hall–Kier alpha value is -1.35. The number of ether oxygens (including phenoxy) is 1. The zero-order valence-electron chi connectivity index (χ0n) is 9.56. The predicted octanol–water partition coefficient (Wildman–Crippen LogP) is 2.22. The van der Waals surface area contributed by atoms with Crippen molar-refractivity contribution in [2.24, 2.45) is 0 Å². The molecule has 1 atom stereocenters. The van der Waals surface area contributed by atoms with E-state index in [2.05, 4.69) is 0 Å². The van der Waals surface area contributed by atoms with Crippen LogP contribution < -0.4 is 4.90 Å². The number of carbonyl (C=O) groups excluding carboxylic acids is 1. The van der Waals surface area contributed by atoms with Crippen molar-refractivity contribution in [1.82, 2.24) is 0 Å². The SMILES string of the molecule is CCN(C(=O)[C@H]1CCCO1)c1ccccc1. The predicted molar refractivity (Wildman–Crippen MR) is 63.4 cm³/mol. The van der Waals surface area contributed by atoms with E-state index in [9.17, 15) is 4.79 Å². The Kier molecular flexibility index (Phi) is 3.57. The topological polar surface area (TPSA) is 29.5 Å². The lowest BCUT2D eigenvalue weighted by Crippen LogP contribution is -2.38. The maximum absolute atomic E-state index is 12.2. The van der Waals surface area contributed by atoms with Gasteiger partial charge in [0, 0.05) is 18.8 Å². The van der Waals surface area contributed by atoms with Crippen LogP contribution >= 0.6 is 0 Å². The highest BCUT2D eigenvalue weighted by molar-refractivity contribution is 5.96. The molecule has 1 aromatic carbocycles. The average molecular weight is 219 g/mol. The molecule has 0 radical (unpaired) electrons. The first kappa shape index (κ1) is 11.1. The van der Waals surface area contributed by atoms with Crippen molar-refractivity contribution >= 4 is 11.6 Å². The highest BCUT2D eigenvalue weighted by Gasteiger charge is 2.28. The van der Waals surface area contributed by atoms with E-state index in [-0.39, 0.29) is 12.0 Å². The van der Waals surface area contributed by atoms with Gasteiger partial charge in [0.15, 0.2) is 0 Å². The molecule has 1 aromatic rings. The minimum Gasteiger partial charge on any atom is -0.368 e. The van der Waals surface area contributed by atoms with Crippen molar-refractivity contribution in [1.29, 1.82) is 0 Å². The Bertz CT molecular complexity index is 344. The van der Waals surface area contributed by atoms with Crippen LogP contribution in [-0.4, -0.2) is 25.2 Å². The van der Waals surface area contributed by atoms with Gasteiger partial charge in [0.1, 0.15) is 6.10 Å². The molecule has 0 aliphatic carbocycles. The van der Waals surface area contributed by atoms with Gasteiger partial charge in [-0.3, -0.25) is 4.79 Å². The summed E-state index contributed by atoms with van der Waals surface area (Å²) in [5.74, 6) is 0.0891. The molecule has 3 nitrogen and oxygen atoms in total. The molecule has 0 aromatic heterocycles. The van der Waals surface area contributed by atoms with Crippen LogP contribution in [-0.2, 0) is 9.53 Å². The summed E-state index contributed by atoms with van der Waals surface area (Å²) in [6, 6.07) is 9.75. The summed E-state index contributed by atoms with van der Waals surface area (Å²) in [7, 11) is 0. The van der Waals surface area contributed by atoms with Gasteiger partial charge in [-0.1, -0.05) is 18.2 Å². The quantitative estimate of drug-likeness (QED) is 0.780. The molecule has 1 amide bonds. The molecule has 0 N–H and O–H groups in total. The lowest BCUT2D eigenvalue weighted by Gasteiger charge is -2.23. The third-order valence-electron chi connectivity index (χ3n) is 2.86. The molecular weight excluding hydrogens is 202 g/mol. The number of rotatable bonds is 3. The number of para-hydroxylation sites is 1. The maximum atomic E-state index is 12.2. The van der Waals surface area contributed by atoms with Crippen LogP contribution in [0.25, 0.3) is 0 Å². The number of amides is 1. The zero-order valence-corrected chi connectivity index (χ0v) is 9.56. The zero-order chi connectivity index (χ0) is 11.4. The molecule has 0 bridgehead atoms. The van der Waals surface area contributed by atoms with Crippen LogP contribution in [0.5, 0.6) is 0 Å². The smallest absolute Gasteiger partial charge is 0.256 e. The van der Waals surface area contributed by atoms with Crippen LogP contribution in [0.2, 0.25) is 0 Å². The van der Waals surface area contributed by atoms with Gasteiger partial charge in [0.05, 0.1) is 0 Å². The van der Waals surface area contributed by atoms with Gasteiger partial charge in [-0.15, -0.1) is 0 Å². The first-order valence-corrected chi connectivity index (χ1v) is 5.81. The van der Waals surface area contributed by atoms with Gasteiger partial charge in [-0.25, -0.2) is 0 Å². The van der Waals surface area contributed by atoms with E-state index in [4.69, 9.17) is 4.74 Å². The minimum atomic E-state index is -0.236. The number of hydrogen-bond donors (Lipinski definition) is 0. The highest BCUT2D eigenvalue weighted by Crippen LogP contribution is 2.19. The minimum absolute atomic E-state index is 0.0891. The number of carbonyl (C=O) groups is 1. The van der Waals surface area contributed by atoms with E-state index in [0.29, 0.717) is 13.2 Å². The molecule has 3 heteroatoms. The van der Waals surface area contributed by atoms with Gasteiger partial charge in [-0.2, -0.15) is 0 Å². The molecule has 2 rings (SSSR count). The van der Waals surface area contributed by atoms with Crippen molar-refractivity contribution in [3.05, 3.63) is 30.3 Å². The second-order valence-corrected chi connectivity index (χ2v) is 3.92. The Morgan fingerprint density at radius 3 is 2.75 bits per heavy atom. The summed E-state index contributed by atoms with van der Waals surface area (Å²) in [4.78, 5) is 14.0. The molecule has 1 saturated heterocycles. The highest BCUT2D eigenvalue weighted by atomic mass is 16.5. The van der Waals surface area contributed by atoms with E-state index in [1.54, 1.807) is 4.90 Å². The van der Waals surface area contributed by atoms with E-state index in [1.165, 1.54) is 0 Å². The van der Waals surface area contributed by atoms with Gasteiger partial charge < -0.3 is 9.64 Å². The van der Waals surface area contributed by atoms with E-state index < -0.39 is 0 Å². The Labute approximate surface area is 96.0 Å². The lowest BCUT2D eigenvalue weighted by atomic mass is 10.2. The number of anilines is 1. The largest absolute Gasteiger partial charge is 0.368 e. The molecule has 0 unspecified atom stereocenters. The third-order valence-corrected chi connectivity index (χ3v) is 2.86. The summed E-state index contributed by atoms with van der Waals surface area (Å²) in [6.07, 6.45) is 1.60. The standard InChI is InChI=1S/C13H17NO2/c1-2-14(11-7-4-3-5-8-11)13(15)12-9-6-10-16-12/h3-5,7-8,12H,2,6,9-10H2,1H3/t12-/m1/s1. The number of hydrogen-bond acceptors (Lipinski definition) is 2. The summed E-state index contributed by atoms with van der Waals surface area (Å²) < 4.78 is 5.43. The van der Waals surface area contributed by atoms with Crippen molar-refractivity contribution in [3.63, 3.8) is 0 Å². The summed E-state index contributed by atoms with van der Waals surface area (Å²) in [6.45, 7) is 3.38. The summed E-state index contributed by atoms with van der Waals surface area (Å²) >= 11 is 0. The van der Waals surface area contributed by atoms with Gasteiger partial charge in [0.2, 0.25) is 0 Å². The molecule has 1 heterocycles. The summed E-state index contributed by atoms with van der Waals surface area (Å²) in [5, 5.41) is 0. The normalized spacial score (nSPS) is 19.7. The van der Waals surface area contributed by atoms with Crippen molar-refractivity contribution in [3.8, 4) is 0 Å². The molecule has 0 spiro atoms. The molecular formula is C13H17NO2. The van der Waals surface area contributed by atoms with Gasteiger partial charge >= 0.3 is 0 Å². The first-order valence-electron chi connectivity index (χ1n) is 5.81. The lowest BCUT2D eigenvalue weighted by molar-refractivity contribution is -0.127. The third kappa shape index (κ3) is 2.25. The van der Waals surface area contributed by atoms with Crippen molar-refractivity contribution < 1.29 is 9.53 Å². The number of likely N-dealkylation sites (N-methyl/N-ethyl adjacent to an activating group) is 1. The van der Waals surface area contributed by atoms with Gasteiger partial charge in [-0.05, 0) is 31.9 Å². The van der Waals surface area contributed by atoms with Crippen LogP contribution in [0.3, 0.4) is 0 Å². The first-order chi connectivity index (χ1) is 7.83. The maximum Gasteiger partial charge on any atom is 0.256 e. The fourth-order valence-electron chi connectivity index (χ4n) is 2.02. The Balaban J connectivity index is 2.13. The van der Waals surface area contributed by atoms with Crippen LogP contribution in [0.15, 0.2) is 30.3 Å². The van der Waals surface area contributed by atoms with Crippen molar-refractivity contribution in [2.45, 2.75) is 25.9 Å². The van der Waals surface area contributed by atoms with Crippen LogP contribution in [0.4, 0.5) is 5.69 Å². The summed E-state index contributed by atoms with van der Waals surface area (Å²) in [5.41, 5.74) is 0.950. The molecule has 86 valence electrons. The van der Waals surface area contributed by atoms with Crippen molar-refractivity contribution in [2.75, 3.05) is 18.1 Å². The average Bonchev–Trinajstić information content (AvgIpc) is 2.85. The Morgan fingerprint density at radius 2 is 2.19 bits per heavy atom. The molecule has 1 fully saturated rings. The second-order valence-electron chi connectivity index (χ2n) is 3.92. The Morgan fingerprint density at radius 1 is 1.44 bits per heavy atom.